The lowest BCUT2D eigenvalue weighted by molar-refractivity contribution is 0.159. The molecule has 0 saturated heterocycles. The summed E-state index contributed by atoms with van der Waals surface area (Å²) in [5.74, 6) is 0. The molecule has 1 aromatic rings. The first-order chi connectivity index (χ1) is 6.57. The number of aryl methyl sites for hydroxylation is 1. The third-order valence-corrected chi connectivity index (χ3v) is 2.54. The maximum Gasteiger partial charge on any atom is 0.0485 e. The first-order valence-electron chi connectivity index (χ1n) is 5.26. The van der Waals surface area contributed by atoms with E-state index in [0.717, 1.165) is 12.8 Å². The van der Waals surface area contributed by atoms with Gasteiger partial charge in [-0.2, -0.15) is 0 Å². The van der Waals surface area contributed by atoms with E-state index in [1.165, 1.54) is 11.1 Å². The molecule has 0 unspecified atom stereocenters. The molecule has 1 N–H and O–H groups in total. The second kappa shape index (κ2) is 4.61. The van der Waals surface area contributed by atoms with Crippen LogP contribution in [0.4, 0.5) is 0 Å². The van der Waals surface area contributed by atoms with Crippen molar-refractivity contribution in [1.29, 1.82) is 0 Å². The van der Waals surface area contributed by atoms with Crippen molar-refractivity contribution in [3.8, 4) is 0 Å². The van der Waals surface area contributed by atoms with Crippen LogP contribution in [0, 0.1) is 5.41 Å². The smallest absolute Gasteiger partial charge is 0.0485 e. The fourth-order valence-corrected chi connectivity index (χ4v) is 1.50. The highest BCUT2D eigenvalue weighted by Gasteiger charge is 2.16. The van der Waals surface area contributed by atoms with Crippen molar-refractivity contribution in [2.45, 2.75) is 33.6 Å². The zero-order chi connectivity index (χ0) is 10.6. The first kappa shape index (κ1) is 11.3. The van der Waals surface area contributed by atoms with Gasteiger partial charge in [-0.1, -0.05) is 45.0 Å². The van der Waals surface area contributed by atoms with Gasteiger partial charge in [0, 0.05) is 6.61 Å². The molecule has 1 rings (SSSR count). The highest BCUT2D eigenvalue weighted by molar-refractivity contribution is 5.23. The number of benzene rings is 1. The zero-order valence-corrected chi connectivity index (χ0v) is 9.38. The summed E-state index contributed by atoms with van der Waals surface area (Å²) >= 11 is 0. The van der Waals surface area contributed by atoms with Crippen LogP contribution in [-0.4, -0.2) is 11.7 Å². The van der Waals surface area contributed by atoms with Crippen LogP contribution in [0.2, 0.25) is 0 Å². The van der Waals surface area contributed by atoms with Crippen molar-refractivity contribution < 1.29 is 5.11 Å². The zero-order valence-electron chi connectivity index (χ0n) is 9.38. The Morgan fingerprint density at radius 3 is 2.00 bits per heavy atom. The number of rotatable bonds is 4. The van der Waals surface area contributed by atoms with Crippen molar-refractivity contribution in [3.63, 3.8) is 0 Å². The molecule has 0 aliphatic carbocycles. The Morgan fingerprint density at radius 2 is 1.57 bits per heavy atom. The molecule has 0 aliphatic heterocycles. The molecule has 14 heavy (non-hydrogen) atoms. The Morgan fingerprint density at radius 1 is 1.07 bits per heavy atom. The van der Waals surface area contributed by atoms with E-state index in [1.54, 1.807) is 0 Å². The van der Waals surface area contributed by atoms with Crippen LogP contribution in [0.5, 0.6) is 0 Å². The highest BCUT2D eigenvalue weighted by Crippen LogP contribution is 2.21. The molecular weight excluding hydrogens is 172 g/mol. The van der Waals surface area contributed by atoms with Gasteiger partial charge < -0.3 is 5.11 Å². The molecule has 1 aromatic carbocycles. The Hall–Kier alpha value is -0.820. The minimum Gasteiger partial charge on any atom is -0.396 e. The fourth-order valence-electron chi connectivity index (χ4n) is 1.50. The van der Waals surface area contributed by atoms with Crippen molar-refractivity contribution in [1.82, 2.24) is 0 Å². The van der Waals surface area contributed by atoms with Gasteiger partial charge in [0.1, 0.15) is 0 Å². The maximum absolute atomic E-state index is 9.16. The summed E-state index contributed by atoms with van der Waals surface area (Å²) < 4.78 is 0. The van der Waals surface area contributed by atoms with Gasteiger partial charge in [0.25, 0.3) is 0 Å². The molecule has 0 bridgehead atoms. The molecule has 0 fully saturated rings. The van der Waals surface area contributed by atoms with Crippen LogP contribution in [0.3, 0.4) is 0 Å². The highest BCUT2D eigenvalue weighted by atomic mass is 16.3. The van der Waals surface area contributed by atoms with Crippen LogP contribution in [0.1, 0.15) is 31.9 Å². The van der Waals surface area contributed by atoms with Gasteiger partial charge in [-0.3, -0.25) is 0 Å². The molecule has 0 saturated carbocycles. The van der Waals surface area contributed by atoms with Gasteiger partial charge in [-0.25, -0.2) is 0 Å². The Balaban J connectivity index is 2.69. The summed E-state index contributed by atoms with van der Waals surface area (Å²) in [6, 6.07) is 8.66. The van der Waals surface area contributed by atoms with Gasteiger partial charge in [0.05, 0.1) is 0 Å². The van der Waals surface area contributed by atoms with E-state index in [2.05, 4.69) is 45.0 Å². The van der Waals surface area contributed by atoms with Crippen LogP contribution in [-0.2, 0) is 12.8 Å². The molecule has 0 amide bonds. The molecule has 1 nitrogen and oxygen atoms in total. The number of hydrogen-bond acceptors (Lipinski definition) is 1. The van der Waals surface area contributed by atoms with Gasteiger partial charge in [0.15, 0.2) is 0 Å². The van der Waals surface area contributed by atoms with E-state index < -0.39 is 0 Å². The van der Waals surface area contributed by atoms with E-state index in [-0.39, 0.29) is 12.0 Å². The predicted molar refractivity (Wildman–Crippen MR) is 60.4 cm³/mol. The van der Waals surface area contributed by atoms with Crippen molar-refractivity contribution in [2.75, 3.05) is 6.61 Å². The average Bonchev–Trinajstić information content (AvgIpc) is 2.19. The standard InChI is InChI=1S/C13H20O/c1-4-11-5-7-12(8-6-11)9-13(2,3)10-14/h5-8,14H,4,9-10H2,1-3H3. The fraction of sp³-hybridized carbons (Fsp3) is 0.538. The minimum absolute atomic E-state index is 0.00622. The molecule has 0 heterocycles. The van der Waals surface area contributed by atoms with Crippen molar-refractivity contribution in [3.05, 3.63) is 35.4 Å². The van der Waals surface area contributed by atoms with Crippen molar-refractivity contribution >= 4 is 0 Å². The summed E-state index contributed by atoms with van der Waals surface area (Å²) in [6.45, 7) is 6.57. The van der Waals surface area contributed by atoms with Gasteiger partial charge in [-0.15, -0.1) is 0 Å². The first-order valence-corrected chi connectivity index (χ1v) is 5.26. The minimum atomic E-state index is -0.00622. The molecule has 0 aromatic heterocycles. The predicted octanol–water partition coefficient (Wildman–Crippen LogP) is 2.81. The Bertz CT molecular complexity index is 272. The lowest BCUT2D eigenvalue weighted by Gasteiger charge is -2.21. The lowest BCUT2D eigenvalue weighted by atomic mass is 9.86. The van der Waals surface area contributed by atoms with E-state index >= 15 is 0 Å². The van der Waals surface area contributed by atoms with Gasteiger partial charge in [-0.05, 0) is 29.4 Å². The summed E-state index contributed by atoms with van der Waals surface area (Å²) in [5, 5.41) is 9.16. The second-order valence-electron chi connectivity index (χ2n) is 4.67. The monoisotopic (exact) mass is 192 g/mol. The molecule has 0 spiro atoms. The number of aliphatic hydroxyl groups excluding tert-OH is 1. The number of hydrogen-bond donors (Lipinski definition) is 1. The van der Waals surface area contributed by atoms with Gasteiger partial charge >= 0.3 is 0 Å². The molecule has 78 valence electrons. The molecule has 1 heteroatoms. The van der Waals surface area contributed by atoms with Crippen molar-refractivity contribution in [2.24, 2.45) is 5.41 Å². The molecule has 0 radical (unpaired) electrons. The molecule has 0 aliphatic rings. The topological polar surface area (TPSA) is 20.2 Å². The second-order valence-corrected chi connectivity index (χ2v) is 4.67. The maximum atomic E-state index is 9.16. The number of aliphatic hydroxyl groups is 1. The lowest BCUT2D eigenvalue weighted by Crippen LogP contribution is -2.19. The van der Waals surface area contributed by atoms with E-state index in [4.69, 9.17) is 5.11 Å². The summed E-state index contributed by atoms with van der Waals surface area (Å²) in [4.78, 5) is 0. The summed E-state index contributed by atoms with van der Waals surface area (Å²) in [6.07, 6.45) is 2.02. The Labute approximate surface area is 86.8 Å². The normalized spacial score (nSPS) is 11.7. The average molecular weight is 192 g/mol. The largest absolute Gasteiger partial charge is 0.396 e. The third-order valence-electron chi connectivity index (χ3n) is 2.54. The van der Waals surface area contributed by atoms with Crippen LogP contribution >= 0.6 is 0 Å². The third kappa shape index (κ3) is 3.15. The van der Waals surface area contributed by atoms with Crippen LogP contribution in [0.25, 0.3) is 0 Å². The van der Waals surface area contributed by atoms with Crippen LogP contribution < -0.4 is 0 Å². The molecular formula is C13H20O. The Kier molecular flexibility index (Phi) is 3.70. The van der Waals surface area contributed by atoms with E-state index in [0.29, 0.717) is 0 Å². The SMILES string of the molecule is CCc1ccc(CC(C)(C)CO)cc1. The summed E-state index contributed by atoms with van der Waals surface area (Å²) in [7, 11) is 0. The van der Waals surface area contributed by atoms with Crippen LogP contribution in [0.15, 0.2) is 24.3 Å². The van der Waals surface area contributed by atoms with Gasteiger partial charge in [0.2, 0.25) is 0 Å². The summed E-state index contributed by atoms with van der Waals surface area (Å²) in [5.41, 5.74) is 2.67. The van der Waals surface area contributed by atoms with E-state index in [1.807, 2.05) is 0 Å². The van der Waals surface area contributed by atoms with E-state index in [9.17, 15) is 0 Å². The quantitative estimate of drug-likeness (QED) is 0.777. The molecule has 0 atom stereocenters.